The maximum absolute atomic E-state index is 13.1. The molecule has 1 unspecified atom stereocenters. The van der Waals surface area contributed by atoms with Gasteiger partial charge >= 0.3 is 11.9 Å². The topological polar surface area (TPSA) is 50.4 Å². The Kier molecular flexibility index (Phi) is 5.26. The fourth-order valence-corrected chi connectivity index (χ4v) is 4.64. The molecule has 0 saturated carbocycles. The van der Waals surface area contributed by atoms with Crippen LogP contribution in [-0.4, -0.2) is 31.7 Å². The molecule has 1 saturated heterocycles. The second-order valence-corrected chi connectivity index (χ2v) is 8.61. The molecule has 2 aromatic carbocycles. The summed E-state index contributed by atoms with van der Waals surface area (Å²) in [7, 11) is 3.48. The normalized spacial score (nSPS) is 22.9. The van der Waals surface area contributed by atoms with Crippen LogP contribution in [0, 0.1) is 0 Å². The summed E-state index contributed by atoms with van der Waals surface area (Å²) in [6, 6.07) is 10.9. The number of rotatable bonds is 3. The Morgan fingerprint density at radius 2 is 1.81 bits per heavy atom. The molecule has 31 heavy (non-hydrogen) atoms. The van der Waals surface area contributed by atoms with E-state index in [9.17, 15) is 23.1 Å². The Labute approximate surface area is 178 Å². The Balaban J connectivity index is 1.53. The van der Waals surface area contributed by atoms with Crippen molar-refractivity contribution in [2.45, 2.75) is 44.1 Å². The molecule has 0 radical (unpaired) electrons. The van der Waals surface area contributed by atoms with Crippen molar-refractivity contribution in [1.82, 2.24) is 14.0 Å². The first-order valence-corrected chi connectivity index (χ1v) is 10.3. The second-order valence-electron chi connectivity index (χ2n) is 8.61. The summed E-state index contributed by atoms with van der Waals surface area (Å²) in [6.45, 7) is 3.17. The van der Waals surface area contributed by atoms with Gasteiger partial charge in [-0.15, -0.1) is 0 Å². The molecule has 166 valence electrons. The number of hydrogen-bond acceptors (Lipinski definition) is 3. The van der Waals surface area contributed by atoms with Gasteiger partial charge in [0.15, 0.2) is 0 Å². The van der Waals surface area contributed by atoms with E-state index in [2.05, 4.69) is 4.90 Å². The van der Waals surface area contributed by atoms with Crippen LogP contribution in [0.3, 0.4) is 0 Å². The summed E-state index contributed by atoms with van der Waals surface area (Å²) in [6.07, 6.45) is -3.74. The largest absolute Gasteiger partial charge is 0.416 e. The third kappa shape index (κ3) is 3.90. The molecule has 0 aliphatic carbocycles. The number of benzene rings is 2. The summed E-state index contributed by atoms with van der Waals surface area (Å²) in [5, 5.41) is 11.2. The van der Waals surface area contributed by atoms with E-state index in [1.165, 1.54) is 6.07 Å². The van der Waals surface area contributed by atoms with Gasteiger partial charge in [0, 0.05) is 33.2 Å². The van der Waals surface area contributed by atoms with Gasteiger partial charge in [-0.3, -0.25) is 14.0 Å². The highest BCUT2D eigenvalue weighted by Crippen LogP contribution is 2.39. The molecule has 1 aromatic heterocycles. The van der Waals surface area contributed by atoms with Crippen molar-refractivity contribution in [2.75, 3.05) is 6.54 Å². The van der Waals surface area contributed by atoms with Crippen molar-refractivity contribution in [3.05, 3.63) is 69.6 Å². The van der Waals surface area contributed by atoms with Crippen LogP contribution in [0.1, 0.15) is 36.5 Å². The average molecular weight is 433 g/mol. The minimum atomic E-state index is -4.44. The first-order valence-electron chi connectivity index (χ1n) is 10.3. The molecule has 2 atom stereocenters. The molecule has 2 heterocycles. The molecule has 1 aliphatic heterocycles. The van der Waals surface area contributed by atoms with E-state index >= 15 is 0 Å². The zero-order valence-corrected chi connectivity index (χ0v) is 17.8. The fraction of sp³-hybridized carbons (Fsp3) is 0.435. The standard InChI is InChI=1S/C23H26F3N3O2/c1-15-13-22(31,17-5-4-6-18(12-17)23(24,25)26)9-10-29(15)14-16-7-8-19-20(11-16)28(3)21(30)27(19)2/h4-8,11-12,15,31H,9-10,13-14H2,1-3H3/t15-,22?/m0/s1. The Bertz CT molecular complexity index is 1180. The summed E-state index contributed by atoms with van der Waals surface area (Å²) >= 11 is 0. The van der Waals surface area contributed by atoms with Gasteiger partial charge in [-0.25, -0.2) is 4.79 Å². The summed E-state index contributed by atoms with van der Waals surface area (Å²) in [5.41, 5.74) is 0.973. The maximum Gasteiger partial charge on any atom is 0.416 e. The van der Waals surface area contributed by atoms with E-state index in [0.29, 0.717) is 31.5 Å². The lowest BCUT2D eigenvalue weighted by Gasteiger charge is -2.43. The van der Waals surface area contributed by atoms with Crippen molar-refractivity contribution in [1.29, 1.82) is 0 Å². The van der Waals surface area contributed by atoms with Crippen LogP contribution < -0.4 is 5.69 Å². The molecule has 0 spiro atoms. The SMILES string of the molecule is C[C@H]1CC(O)(c2cccc(C(F)(F)F)c2)CCN1Cc1ccc2c(c1)n(C)c(=O)n2C. The van der Waals surface area contributed by atoms with Crippen molar-refractivity contribution in [3.8, 4) is 0 Å². The Morgan fingerprint density at radius 1 is 1.10 bits per heavy atom. The summed E-state index contributed by atoms with van der Waals surface area (Å²) in [5.74, 6) is 0. The molecule has 3 aromatic rings. The lowest BCUT2D eigenvalue weighted by molar-refractivity contribution is -0.137. The van der Waals surface area contributed by atoms with E-state index in [0.717, 1.165) is 28.7 Å². The molecule has 1 N–H and O–H groups in total. The number of likely N-dealkylation sites (tertiary alicyclic amines) is 1. The van der Waals surface area contributed by atoms with Gasteiger partial charge in [-0.2, -0.15) is 13.2 Å². The second kappa shape index (κ2) is 7.53. The lowest BCUT2D eigenvalue weighted by Crippen LogP contribution is -2.47. The zero-order valence-electron chi connectivity index (χ0n) is 17.8. The molecule has 0 bridgehead atoms. The highest BCUT2D eigenvalue weighted by atomic mass is 19.4. The number of aromatic nitrogens is 2. The zero-order chi connectivity index (χ0) is 22.6. The highest BCUT2D eigenvalue weighted by molar-refractivity contribution is 5.76. The number of alkyl halides is 3. The summed E-state index contributed by atoms with van der Waals surface area (Å²) < 4.78 is 42.5. The van der Waals surface area contributed by atoms with Crippen molar-refractivity contribution < 1.29 is 18.3 Å². The molecular weight excluding hydrogens is 407 g/mol. The predicted octanol–water partition coefficient (Wildman–Crippen LogP) is 3.77. The van der Waals surface area contributed by atoms with Crippen LogP contribution in [0.15, 0.2) is 47.3 Å². The van der Waals surface area contributed by atoms with Crippen molar-refractivity contribution >= 4 is 11.0 Å². The van der Waals surface area contributed by atoms with Crippen LogP contribution in [0.25, 0.3) is 11.0 Å². The van der Waals surface area contributed by atoms with Crippen LogP contribution in [-0.2, 0) is 32.4 Å². The third-order valence-corrected chi connectivity index (χ3v) is 6.52. The molecule has 1 fully saturated rings. The number of hydrogen-bond donors (Lipinski definition) is 1. The number of nitrogens with zero attached hydrogens (tertiary/aromatic N) is 3. The minimum Gasteiger partial charge on any atom is -0.385 e. The van der Waals surface area contributed by atoms with E-state index < -0.39 is 17.3 Å². The highest BCUT2D eigenvalue weighted by Gasteiger charge is 2.39. The quantitative estimate of drug-likeness (QED) is 0.684. The fourth-order valence-electron chi connectivity index (χ4n) is 4.64. The number of imidazole rings is 1. The van der Waals surface area contributed by atoms with Gasteiger partial charge in [0.1, 0.15) is 0 Å². The first-order chi connectivity index (χ1) is 14.5. The number of aryl methyl sites for hydroxylation is 2. The molecule has 0 amide bonds. The van der Waals surface area contributed by atoms with E-state index in [4.69, 9.17) is 0 Å². The van der Waals surface area contributed by atoms with Gasteiger partial charge in [0.25, 0.3) is 0 Å². The Hall–Kier alpha value is -2.58. The van der Waals surface area contributed by atoms with Gasteiger partial charge in [0.05, 0.1) is 22.2 Å². The molecule has 8 heteroatoms. The average Bonchev–Trinajstić information content (AvgIpc) is 2.93. The number of fused-ring (bicyclic) bond motifs is 1. The maximum atomic E-state index is 13.1. The van der Waals surface area contributed by atoms with Gasteiger partial charge < -0.3 is 5.11 Å². The lowest BCUT2D eigenvalue weighted by atomic mass is 9.80. The molecule has 1 aliphatic rings. The number of halogens is 3. The van der Waals surface area contributed by atoms with Gasteiger partial charge in [-0.05, 0) is 55.2 Å². The van der Waals surface area contributed by atoms with E-state index in [1.807, 2.05) is 25.1 Å². The van der Waals surface area contributed by atoms with Crippen molar-refractivity contribution in [2.24, 2.45) is 14.1 Å². The van der Waals surface area contributed by atoms with Crippen LogP contribution >= 0.6 is 0 Å². The van der Waals surface area contributed by atoms with E-state index in [-0.39, 0.29) is 11.7 Å². The van der Waals surface area contributed by atoms with Gasteiger partial charge in [-0.1, -0.05) is 18.2 Å². The summed E-state index contributed by atoms with van der Waals surface area (Å²) in [4.78, 5) is 14.4. The van der Waals surface area contributed by atoms with Gasteiger partial charge in [0.2, 0.25) is 0 Å². The number of aliphatic hydroxyl groups is 1. The van der Waals surface area contributed by atoms with Crippen LogP contribution in [0.5, 0.6) is 0 Å². The predicted molar refractivity (Wildman–Crippen MR) is 113 cm³/mol. The van der Waals surface area contributed by atoms with Crippen LogP contribution in [0.4, 0.5) is 13.2 Å². The molecule has 4 rings (SSSR count). The number of piperidine rings is 1. The smallest absolute Gasteiger partial charge is 0.385 e. The third-order valence-electron chi connectivity index (χ3n) is 6.52. The molecule has 5 nitrogen and oxygen atoms in total. The monoisotopic (exact) mass is 433 g/mol. The minimum absolute atomic E-state index is 0.0245. The molecular formula is C23H26F3N3O2. The first kappa shape index (κ1) is 21.6. The van der Waals surface area contributed by atoms with E-state index in [1.54, 1.807) is 29.3 Å². The Morgan fingerprint density at radius 3 is 2.48 bits per heavy atom. The van der Waals surface area contributed by atoms with Crippen LogP contribution in [0.2, 0.25) is 0 Å². The van der Waals surface area contributed by atoms with Crippen molar-refractivity contribution in [3.63, 3.8) is 0 Å².